The van der Waals surface area contributed by atoms with Crippen LogP contribution in [0.25, 0.3) is 0 Å². The summed E-state index contributed by atoms with van der Waals surface area (Å²) in [6, 6.07) is 2.29. The summed E-state index contributed by atoms with van der Waals surface area (Å²) in [4.78, 5) is 0. The van der Waals surface area contributed by atoms with Crippen molar-refractivity contribution in [3.63, 3.8) is 0 Å². The molecule has 0 aromatic heterocycles. The van der Waals surface area contributed by atoms with Gasteiger partial charge in [-0.15, -0.1) is 0 Å². The van der Waals surface area contributed by atoms with Crippen LogP contribution < -0.4 is 14.8 Å². The predicted molar refractivity (Wildman–Crippen MR) is 75.2 cm³/mol. The molecule has 1 atom stereocenters. The maximum absolute atomic E-state index is 5.52. The Labute approximate surface area is 114 Å². The summed E-state index contributed by atoms with van der Waals surface area (Å²) in [6.45, 7) is 0. The summed E-state index contributed by atoms with van der Waals surface area (Å²) >= 11 is 5.46. The van der Waals surface area contributed by atoms with E-state index in [-0.39, 0.29) is 0 Å². The van der Waals surface area contributed by atoms with Gasteiger partial charge in [-0.3, -0.25) is 0 Å². The van der Waals surface area contributed by atoms with Crippen LogP contribution in [0.1, 0.15) is 17.2 Å². The van der Waals surface area contributed by atoms with E-state index in [2.05, 4.69) is 21.2 Å². The summed E-state index contributed by atoms with van der Waals surface area (Å²) in [5.74, 6) is 3.88. The van der Waals surface area contributed by atoms with Gasteiger partial charge in [0.05, 0.1) is 18.7 Å². The van der Waals surface area contributed by atoms with E-state index in [0.29, 0.717) is 6.04 Å². The second-order valence-electron chi connectivity index (χ2n) is 3.84. The van der Waals surface area contributed by atoms with Gasteiger partial charge in [0.15, 0.2) is 0 Å². The van der Waals surface area contributed by atoms with Crippen LogP contribution in [0.4, 0.5) is 0 Å². The molecule has 5 heteroatoms. The van der Waals surface area contributed by atoms with E-state index in [1.54, 1.807) is 14.2 Å². The molecule has 2 rings (SSSR count). The van der Waals surface area contributed by atoms with Gasteiger partial charge in [0, 0.05) is 28.7 Å². The van der Waals surface area contributed by atoms with E-state index >= 15 is 0 Å². The third-order valence-corrected chi connectivity index (χ3v) is 4.64. The van der Waals surface area contributed by atoms with Crippen molar-refractivity contribution in [1.82, 2.24) is 5.32 Å². The third kappa shape index (κ3) is 2.28. The van der Waals surface area contributed by atoms with Crippen molar-refractivity contribution in [3.05, 3.63) is 21.7 Å². The molecule has 1 unspecified atom stereocenters. The van der Waals surface area contributed by atoms with E-state index in [9.17, 15) is 0 Å². The lowest BCUT2D eigenvalue weighted by Gasteiger charge is -2.28. The van der Waals surface area contributed by atoms with Crippen molar-refractivity contribution in [3.8, 4) is 11.5 Å². The Morgan fingerprint density at radius 1 is 1.41 bits per heavy atom. The normalized spacial score (nSPS) is 18.7. The minimum atomic E-state index is 0.310. The zero-order chi connectivity index (χ0) is 12.4. The first-order valence-electron chi connectivity index (χ1n) is 5.41. The SMILES string of the molecule is CNC1CSCc2c(OC)cc(Br)c(OC)c21. The Kier molecular flexibility index (Phi) is 4.22. The zero-order valence-corrected chi connectivity index (χ0v) is 12.6. The van der Waals surface area contributed by atoms with Gasteiger partial charge in [0.25, 0.3) is 0 Å². The lowest BCUT2D eigenvalue weighted by Crippen LogP contribution is -2.24. The second-order valence-corrected chi connectivity index (χ2v) is 5.73. The molecular formula is C12H16BrNO2S. The number of fused-ring (bicyclic) bond motifs is 1. The van der Waals surface area contributed by atoms with Crippen molar-refractivity contribution >= 4 is 27.7 Å². The molecule has 3 nitrogen and oxygen atoms in total. The van der Waals surface area contributed by atoms with Crippen LogP contribution in [0.5, 0.6) is 11.5 Å². The molecule has 1 heterocycles. The molecule has 17 heavy (non-hydrogen) atoms. The summed E-state index contributed by atoms with van der Waals surface area (Å²) in [5.41, 5.74) is 2.46. The number of hydrogen-bond acceptors (Lipinski definition) is 4. The Balaban J connectivity index is 2.64. The highest BCUT2D eigenvalue weighted by molar-refractivity contribution is 9.10. The zero-order valence-electron chi connectivity index (χ0n) is 10.2. The molecule has 1 aromatic rings. The number of thioether (sulfide) groups is 1. The molecule has 0 bridgehead atoms. The molecule has 0 saturated heterocycles. The number of hydrogen-bond donors (Lipinski definition) is 1. The van der Waals surface area contributed by atoms with Crippen LogP contribution >= 0.6 is 27.7 Å². The van der Waals surface area contributed by atoms with Gasteiger partial charge in [-0.25, -0.2) is 0 Å². The number of methoxy groups -OCH3 is 2. The van der Waals surface area contributed by atoms with Gasteiger partial charge in [0.1, 0.15) is 11.5 Å². The molecule has 0 saturated carbocycles. The Morgan fingerprint density at radius 2 is 2.18 bits per heavy atom. The topological polar surface area (TPSA) is 30.5 Å². The predicted octanol–water partition coefficient (Wildman–Crippen LogP) is 2.97. The van der Waals surface area contributed by atoms with Gasteiger partial charge in [0.2, 0.25) is 0 Å². The molecule has 1 aliphatic heterocycles. The largest absolute Gasteiger partial charge is 0.496 e. The Hall–Kier alpha value is -0.390. The summed E-state index contributed by atoms with van der Waals surface area (Å²) in [6.07, 6.45) is 0. The van der Waals surface area contributed by atoms with Crippen LogP contribution in [0.15, 0.2) is 10.5 Å². The minimum absolute atomic E-state index is 0.310. The van der Waals surface area contributed by atoms with E-state index in [1.165, 1.54) is 11.1 Å². The molecule has 0 fully saturated rings. The highest BCUT2D eigenvalue weighted by Crippen LogP contribution is 2.45. The van der Waals surface area contributed by atoms with Gasteiger partial charge < -0.3 is 14.8 Å². The van der Waals surface area contributed by atoms with E-state index in [0.717, 1.165) is 27.5 Å². The van der Waals surface area contributed by atoms with Crippen molar-refractivity contribution in [2.24, 2.45) is 0 Å². The van der Waals surface area contributed by atoms with Crippen LogP contribution in [0.3, 0.4) is 0 Å². The molecule has 0 radical (unpaired) electrons. The monoisotopic (exact) mass is 317 g/mol. The Morgan fingerprint density at radius 3 is 2.76 bits per heavy atom. The molecule has 0 aliphatic carbocycles. The second kappa shape index (κ2) is 5.50. The fraction of sp³-hybridized carbons (Fsp3) is 0.500. The fourth-order valence-corrected chi connectivity index (χ4v) is 3.94. The van der Waals surface area contributed by atoms with Crippen molar-refractivity contribution in [2.75, 3.05) is 27.0 Å². The number of benzene rings is 1. The van der Waals surface area contributed by atoms with Crippen molar-refractivity contribution < 1.29 is 9.47 Å². The Bertz CT molecular complexity index is 425. The number of ether oxygens (including phenoxy) is 2. The van der Waals surface area contributed by atoms with Gasteiger partial charge in [-0.2, -0.15) is 11.8 Å². The first-order valence-corrected chi connectivity index (χ1v) is 7.36. The van der Waals surface area contributed by atoms with E-state index < -0.39 is 0 Å². The van der Waals surface area contributed by atoms with E-state index in [1.807, 2.05) is 24.9 Å². The van der Waals surface area contributed by atoms with E-state index in [4.69, 9.17) is 9.47 Å². The highest BCUT2D eigenvalue weighted by atomic mass is 79.9. The molecule has 1 aliphatic rings. The van der Waals surface area contributed by atoms with Gasteiger partial charge in [-0.1, -0.05) is 0 Å². The van der Waals surface area contributed by atoms with Gasteiger partial charge in [-0.05, 0) is 29.0 Å². The number of halogens is 1. The minimum Gasteiger partial charge on any atom is -0.496 e. The fourth-order valence-electron chi connectivity index (χ4n) is 2.16. The number of nitrogens with one attached hydrogen (secondary N) is 1. The third-order valence-electron chi connectivity index (χ3n) is 2.99. The highest BCUT2D eigenvalue weighted by Gasteiger charge is 2.27. The lowest BCUT2D eigenvalue weighted by molar-refractivity contribution is 0.387. The van der Waals surface area contributed by atoms with Crippen LogP contribution in [-0.2, 0) is 5.75 Å². The molecule has 0 amide bonds. The van der Waals surface area contributed by atoms with Crippen LogP contribution in [0.2, 0.25) is 0 Å². The average Bonchev–Trinajstić information content (AvgIpc) is 2.37. The summed E-state index contributed by atoms with van der Waals surface area (Å²) in [7, 11) is 5.40. The van der Waals surface area contributed by atoms with Crippen molar-refractivity contribution in [1.29, 1.82) is 0 Å². The summed E-state index contributed by atoms with van der Waals surface area (Å²) < 4.78 is 11.9. The van der Waals surface area contributed by atoms with Crippen LogP contribution in [-0.4, -0.2) is 27.0 Å². The quantitative estimate of drug-likeness (QED) is 0.928. The smallest absolute Gasteiger partial charge is 0.138 e. The molecule has 1 N–H and O–H groups in total. The number of rotatable bonds is 3. The van der Waals surface area contributed by atoms with Crippen molar-refractivity contribution in [2.45, 2.75) is 11.8 Å². The average molecular weight is 318 g/mol. The molecule has 1 aromatic carbocycles. The maximum Gasteiger partial charge on any atom is 0.138 e. The molecule has 0 spiro atoms. The molecule has 94 valence electrons. The molecular weight excluding hydrogens is 302 g/mol. The standard InChI is InChI=1S/C12H16BrNO2S/c1-14-9-6-17-5-7-10(15-2)4-8(13)12(16-3)11(7)9/h4,9,14H,5-6H2,1-3H3. The maximum atomic E-state index is 5.52. The first-order chi connectivity index (χ1) is 8.22. The summed E-state index contributed by atoms with van der Waals surface area (Å²) in [5, 5.41) is 3.34. The van der Waals surface area contributed by atoms with Crippen LogP contribution in [0, 0.1) is 0 Å². The first kappa shape index (κ1) is 13.1. The lowest BCUT2D eigenvalue weighted by atomic mass is 9.99. The van der Waals surface area contributed by atoms with Gasteiger partial charge >= 0.3 is 0 Å².